The molecule has 0 radical (unpaired) electrons. The first-order valence-electron chi connectivity index (χ1n) is 11.0. The van der Waals surface area contributed by atoms with Crippen molar-refractivity contribution in [1.82, 2.24) is 4.57 Å². The molecular weight excluding hydrogens is 426 g/mol. The molecule has 0 unspecified atom stereocenters. The Morgan fingerprint density at radius 2 is 1.18 bits per heavy atom. The van der Waals surface area contributed by atoms with Gasteiger partial charge in [-0.15, -0.1) is 0 Å². The van der Waals surface area contributed by atoms with Crippen molar-refractivity contribution in [2.75, 3.05) is 0 Å². The first-order valence-corrected chi connectivity index (χ1v) is 11.4. The maximum Gasteiger partial charge on any atom is 0.144 e. The molecule has 156 valence electrons. The van der Waals surface area contributed by atoms with Gasteiger partial charge in [-0.3, -0.25) is 0 Å². The highest BCUT2D eigenvalue weighted by Crippen LogP contribution is 2.40. The molecule has 2 heterocycles. The number of aromatic nitrogens is 1. The molecular formula is C30H18ClNO. The van der Waals surface area contributed by atoms with Crippen molar-refractivity contribution in [3.63, 3.8) is 0 Å². The Morgan fingerprint density at radius 3 is 1.88 bits per heavy atom. The minimum atomic E-state index is 0.709. The largest absolute Gasteiger partial charge is 0.455 e. The summed E-state index contributed by atoms with van der Waals surface area (Å²) in [6.07, 6.45) is 0. The van der Waals surface area contributed by atoms with E-state index in [1.54, 1.807) is 0 Å². The number of fused-ring (bicyclic) bond motifs is 6. The van der Waals surface area contributed by atoms with Gasteiger partial charge >= 0.3 is 0 Å². The van der Waals surface area contributed by atoms with E-state index in [0.29, 0.717) is 5.02 Å². The summed E-state index contributed by atoms with van der Waals surface area (Å²) in [6.45, 7) is 0. The number of nitrogens with zero attached hydrogens (tertiary/aromatic N) is 1. The third-order valence-electron chi connectivity index (χ3n) is 6.49. The van der Waals surface area contributed by atoms with Crippen molar-refractivity contribution in [3.8, 4) is 16.8 Å². The Balaban J connectivity index is 1.43. The third-order valence-corrected chi connectivity index (χ3v) is 6.81. The van der Waals surface area contributed by atoms with Gasteiger partial charge in [0, 0.05) is 32.8 Å². The van der Waals surface area contributed by atoms with E-state index in [2.05, 4.69) is 83.4 Å². The van der Waals surface area contributed by atoms with Gasteiger partial charge in [-0.1, -0.05) is 78.3 Å². The number of rotatable bonds is 2. The van der Waals surface area contributed by atoms with Crippen molar-refractivity contribution in [3.05, 3.63) is 114 Å². The van der Waals surface area contributed by atoms with Crippen LogP contribution >= 0.6 is 11.6 Å². The van der Waals surface area contributed by atoms with E-state index < -0.39 is 0 Å². The SMILES string of the molecule is Clc1ccc(-c2ccc(-n3c4ccccc4c4ccccc43)cc2)c2oc3ccccc3c12. The molecule has 2 nitrogen and oxygen atoms in total. The van der Waals surface area contributed by atoms with E-state index in [-0.39, 0.29) is 0 Å². The van der Waals surface area contributed by atoms with E-state index in [1.165, 1.54) is 21.8 Å². The molecule has 0 N–H and O–H groups in total. The van der Waals surface area contributed by atoms with Crippen LogP contribution in [0.4, 0.5) is 0 Å². The quantitative estimate of drug-likeness (QED) is 0.260. The summed E-state index contributed by atoms with van der Waals surface area (Å²) in [7, 11) is 0. The van der Waals surface area contributed by atoms with Crippen molar-refractivity contribution in [2.24, 2.45) is 0 Å². The Kier molecular flexibility index (Phi) is 3.93. The summed E-state index contributed by atoms with van der Waals surface area (Å²) in [5.74, 6) is 0. The highest BCUT2D eigenvalue weighted by molar-refractivity contribution is 6.38. The normalized spacial score (nSPS) is 11.8. The average molecular weight is 444 g/mol. The van der Waals surface area contributed by atoms with E-state index in [4.69, 9.17) is 16.0 Å². The summed E-state index contributed by atoms with van der Waals surface area (Å²) >= 11 is 6.58. The van der Waals surface area contributed by atoms with Gasteiger partial charge in [0.1, 0.15) is 11.2 Å². The van der Waals surface area contributed by atoms with Gasteiger partial charge in [-0.2, -0.15) is 0 Å². The van der Waals surface area contributed by atoms with Crippen LogP contribution in [0.1, 0.15) is 0 Å². The van der Waals surface area contributed by atoms with Crippen LogP contribution in [0, 0.1) is 0 Å². The first-order chi connectivity index (χ1) is 16.3. The second-order valence-corrected chi connectivity index (χ2v) is 8.72. The molecule has 7 aromatic rings. The lowest BCUT2D eigenvalue weighted by atomic mass is 10.0. The highest BCUT2D eigenvalue weighted by Gasteiger charge is 2.16. The Bertz CT molecular complexity index is 1770. The zero-order valence-electron chi connectivity index (χ0n) is 17.6. The van der Waals surface area contributed by atoms with Crippen molar-refractivity contribution in [1.29, 1.82) is 0 Å². The van der Waals surface area contributed by atoms with Crippen LogP contribution < -0.4 is 0 Å². The van der Waals surface area contributed by atoms with Crippen molar-refractivity contribution < 1.29 is 4.42 Å². The van der Waals surface area contributed by atoms with Crippen LogP contribution in [0.15, 0.2) is 114 Å². The number of halogens is 1. The van der Waals surface area contributed by atoms with Crippen molar-refractivity contribution >= 4 is 55.3 Å². The fraction of sp³-hybridized carbons (Fsp3) is 0. The van der Waals surface area contributed by atoms with Gasteiger partial charge in [-0.05, 0) is 48.0 Å². The molecule has 7 rings (SSSR count). The number of hydrogen-bond donors (Lipinski definition) is 0. The van der Waals surface area contributed by atoms with E-state index in [1.807, 2.05) is 30.3 Å². The number of hydrogen-bond acceptors (Lipinski definition) is 1. The molecule has 0 aliphatic rings. The van der Waals surface area contributed by atoms with Crippen LogP contribution in [0.3, 0.4) is 0 Å². The molecule has 0 spiro atoms. The van der Waals surface area contributed by atoms with Crippen LogP contribution in [-0.2, 0) is 0 Å². The number of para-hydroxylation sites is 3. The summed E-state index contributed by atoms with van der Waals surface area (Å²) in [6, 6.07) is 37.9. The van der Waals surface area contributed by atoms with Crippen LogP contribution in [-0.4, -0.2) is 4.57 Å². The molecule has 0 aliphatic carbocycles. The standard InChI is InChI=1S/C30H18ClNO/c31-25-18-17-21(30-29(25)24-9-3-6-12-28(24)33-30)19-13-15-20(16-14-19)32-26-10-4-1-7-22(26)23-8-2-5-11-27(23)32/h1-18H. The fourth-order valence-electron chi connectivity index (χ4n) is 5.01. The lowest BCUT2D eigenvalue weighted by Crippen LogP contribution is -1.93. The molecule has 2 aromatic heterocycles. The van der Waals surface area contributed by atoms with Crippen LogP contribution in [0.25, 0.3) is 60.6 Å². The molecule has 0 amide bonds. The van der Waals surface area contributed by atoms with Gasteiger partial charge in [0.05, 0.1) is 16.1 Å². The summed E-state index contributed by atoms with van der Waals surface area (Å²) in [4.78, 5) is 0. The van der Waals surface area contributed by atoms with Crippen LogP contribution in [0.5, 0.6) is 0 Å². The predicted molar refractivity (Wildman–Crippen MR) is 139 cm³/mol. The maximum absolute atomic E-state index is 6.58. The smallest absolute Gasteiger partial charge is 0.144 e. The molecule has 5 aromatic carbocycles. The van der Waals surface area contributed by atoms with Gasteiger partial charge in [-0.25, -0.2) is 0 Å². The lowest BCUT2D eigenvalue weighted by molar-refractivity contribution is 0.670. The molecule has 0 aliphatic heterocycles. The summed E-state index contributed by atoms with van der Waals surface area (Å²) in [5, 5.41) is 5.25. The molecule has 0 bridgehead atoms. The minimum Gasteiger partial charge on any atom is -0.455 e. The second kappa shape index (κ2) is 6.99. The molecule has 3 heteroatoms. The Hall–Kier alpha value is -4.01. The van der Waals surface area contributed by atoms with Crippen LogP contribution in [0.2, 0.25) is 5.02 Å². The first kappa shape index (κ1) is 18.6. The fourth-order valence-corrected chi connectivity index (χ4v) is 5.26. The van der Waals surface area contributed by atoms with Crippen molar-refractivity contribution in [2.45, 2.75) is 0 Å². The number of furan rings is 1. The average Bonchev–Trinajstić information content (AvgIpc) is 3.42. The van der Waals surface area contributed by atoms with Gasteiger partial charge in [0.25, 0.3) is 0 Å². The van der Waals surface area contributed by atoms with Gasteiger partial charge in [0.2, 0.25) is 0 Å². The lowest BCUT2D eigenvalue weighted by Gasteiger charge is -2.10. The van der Waals surface area contributed by atoms with E-state index >= 15 is 0 Å². The molecule has 0 atom stereocenters. The molecule has 0 fully saturated rings. The van der Waals surface area contributed by atoms with Gasteiger partial charge < -0.3 is 8.98 Å². The maximum atomic E-state index is 6.58. The van der Waals surface area contributed by atoms with E-state index in [9.17, 15) is 0 Å². The molecule has 33 heavy (non-hydrogen) atoms. The Labute approximate surface area is 195 Å². The molecule has 0 saturated heterocycles. The molecule has 0 saturated carbocycles. The van der Waals surface area contributed by atoms with E-state index in [0.717, 1.165) is 38.8 Å². The zero-order valence-corrected chi connectivity index (χ0v) is 18.4. The zero-order chi connectivity index (χ0) is 21.9. The topological polar surface area (TPSA) is 18.1 Å². The predicted octanol–water partition coefficient (Wildman–Crippen LogP) is 9.00. The monoisotopic (exact) mass is 443 g/mol. The summed E-state index contributed by atoms with van der Waals surface area (Å²) < 4.78 is 8.57. The minimum absolute atomic E-state index is 0.709. The van der Waals surface area contributed by atoms with Gasteiger partial charge in [0.15, 0.2) is 0 Å². The number of benzene rings is 5. The second-order valence-electron chi connectivity index (χ2n) is 8.31. The Morgan fingerprint density at radius 1 is 0.576 bits per heavy atom. The summed E-state index contributed by atoms with van der Waals surface area (Å²) in [5.41, 5.74) is 7.36. The third kappa shape index (κ3) is 2.68. The highest BCUT2D eigenvalue weighted by atomic mass is 35.5.